The highest BCUT2D eigenvalue weighted by molar-refractivity contribution is 5.76. The predicted molar refractivity (Wildman–Crippen MR) is 328 cm³/mol. The summed E-state index contributed by atoms with van der Waals surface area (Å²) in [6.07, 6.45) is 86.4. The van der Waals surface area contributed by atoms with Crippen LogP contribution in [0.3, 0.4) is 0 Å². The third-order valence-electron chi connectivity index (χ3n) is 15.6. The molecule has 74 heavy (non-hydrogen) atoms. The van der Waals surface area contributed by atoms with Crippen molar-refractivity contribution in [3.8, 4) is 0 Å². The van der Waals surface area contributed by atoms with Crippen LogP contribution in [0.25, 0.3) is 0 Å². The monoisotopic (exact) mass is 1040 g/mol. The largest absolute Gasteiger partial charge is 0.394 e. The third-order valence-corrected chi connectivity index (χ3v) is 15.6. The summed E-state index contributed by atoms with van der Waals surface area (Å²) >= 11 is 0. The average molecular weight is 1040 g/mol. The van der Waals surface area contributed by atoms with E-state index >= 15 is 0 Å². The molecule has 436 valence electrons. The van der Waals surface area contributed by atoms with Crippen molar-refractivity contribution < 1.29 is 20.1 Å². The van der Waals surface area contributed by atoms with Crippen LogP contribution in [0.2, 0.25) is 0 Å². The fraction of sp³-hybridized carbons (Fsp3) is 0.870. The second kappa shape index (κ2) is 63.8. The molecule has 0 aromatic carbocycles. The van der Waals surface area contributed by atoms with Gasteiger partial charge in [0.05, 0.1) is 31.3 Å². The maximum absolute atomic E-state index is 12.6. The van der Waals surface area contributed by atoms with Crippen molar-refractivity contribution in [1.82, 2.24) is 5.32 Å². The van der Waals surface area contributed by atoms with Gasteiger partial charge in [0.25, 0.3) is 0 Å². The highest BCUT2D eigenvalue weighted by atomic mass is 16.3. The summed E-state index contributed by atoms with van der Waals surface area (Å²) in [5, 5.41) is 33.5. The van der Waals surface area contributed by atoms with Crippen LogP contribution in [-0.4, -0.2) is 46.1 Å². The van der Waals surface area contributed by atoms with Crippen LogP contribution in [0.4, 0.5) is 0 Å². The Balaban J connectivity index is 3.54. The van der Waals surface area contributed by atoms with E-state index in [-0.39, 0.29) is 18.9 Å². The zero-order chi connectivity index (χ0) is 53.6. The lowest BCUT2D eigenvalue weighted by Crippen LogP contribution is -2.45. The number of aliphatic hydroxyl groups excluding tert-OH is 3. The smallest absolute Gasteiger partial charge is 0.222 e. The van der Waals surface area contributed by atoms with Gasteiger partial charge in [-0.3, -0.25) is 4.79 Å². The molecule has 0 radical (unpaired) electrons. The third kappa shape index (κ3) is 59.6. The molecule has 0 rings (SSSR count). The van der Waals surface area contributed by atoms with Gasteiger partial charge in [-0.1, -0.05) is 332 Å². The van der Waals surface area contributed by atoms with Gasteiger partial charge in [-0.2, -0.15) is 0 Å². The number of allylic oxidation sites excluding steroid dienone is 7. The van der Waals surface area contributed by atoms with Gasteiger partial charge in [0, 0.05) is 0 Å². The average Bonchev–Trinajstić information content (AvgIpc) is 3.40. The van der Waals surface area contributed by atoms with Crippen molar-refractivity contribution in [3.63, 3.8) is 0 Å². The summed E-state index contributed by atoms with van der Waals surface area (Å²) in [6.45, 7) is 4.24. The molecule has 5 heteroatoms. The van der Waals surface area contributed by atoms with E-state index in [2.05, 4.69) is 55.6 Å². The minimum Gasteiger partial charge on any atom is -0.394 e. The summed E-state index contributed by atoms with van der Waals surface area (Å²) in [5.41, 5.74) is 0. The maximum Gasteiger partial charge on any atom is 0.222 e. The molecule has 0 spiro atoms. The molecule has 3 atom stereocenters. The Labute approximate surface area is 463 Å². The first-order valence-corrected chi connectivity index (χ1v) is 33.4. The molecule has 0 aliphatic heterocycles. The topological polar surface area (TPSA) is 89.8 Å². The maximum atomic E-state index is 12.6. The van der Waals surface area contributed by atoms with Crippen LogP contribution >= 0.6 is 0 Å². The van der Waals surface area contributed by atoms with Gasteiger partial charge in [0.15, 0.2) is 0 Å². The van der Waals surface area contributed by atoms with Crippen LogP contribution in [0, 0.1) is 0 Å². The first-order valence-electron chi connectivity index (χ1n) is 33.4. The zero-order valence-corrected chi connectivity index (χ0v) is 50.0. The first kappa shape index (κ1) is 72.3. The minimum absolute atomic E-state index is 0.00363. The Morgan fingerprint density at radius 2 is 0.581 bits per heavy atom. The second-order valence-corrected chi connectivity index (χ2v) is 23.1. The van der Waals surface area contributed by atoms with Crippen molar-refractivity contribution in [2.24, 2.45) is 0 Å². The molecular weight excluding hydrogens is 907 g/mol. The highest BCUT2D eigenvalue weighted by Gasteiger charge is 2.20. The molecule has 0 aliphatic rings. The summed E-state index contributed by atoms with van der Waals surface area (Å²) in [7, 11) is 0. The standard InChI is InChI=1S/C69H131NO4/c1-3-5-7-9-11-13-15-17-19-21-23-25-27-29-30-31-32-33-34-35-36-37-38-39-40-42-44-46-48-50-52-54-56-58-60-62-66(72)64-69(74)70-67(65-71)68(73)63-61-59-57-55-53-51-49-47-45-43-41-28-26-24-22-20-18-16-14-12-10-8-6-4-2/h33-34,45,47,53,55,61,63,66-68,71-73H,3-32,35-44,46,48-52,54,56-60,62,64-65H2,1-2H3,(H,70,74)/b34-33-,47-45+,55-53+,63-61+. The molecule has 0 aromatic rings. The second-order valence-electron chi connectivity index (χ2n) is 23.1. The number of hydrogen-bond acceptors (Lipinski definition) is 4. The summed E-state index contributed by atoms with van der Waals surface area (Å²) in [5.74, 6) is -0.325. The fourth-order valence-corrected chi connectivity index (χ4v) is 10.5. The Morgan fingerprint density at radius 3 is 0.865 bits per heavy atom. The lowest BCUT2D eigenvalue weighted by atomic mass is 10.0. The Hall–Kier alpha value is -1.69. The van der Waals surface area contributed by atoms with Gasteiger partial charge in [-0.15, -0.1) is 0 Å². The van der Waals surface area contributed by atoms with Crippen molar-refractivity contribution in [2.75, 3.05) is 6.61 Å². The van der Waals surface area contributed by atoms with E-state index in [1.54, 1.807) is 6.08 Å². The van der Waals surface area contributed by atoms with Gasteiger partial charge in [0.2, 0.25) is 5.91 Å². The molecule has 0 saturated carbocycles. The van der Waals surface area contributed by atoms with Crippen molar-refractivity contribution >= 4 is 5.91 Å². The van der Waals surface area contributed by atoms with E-state index in [0.717, 1.165) is 38.5 Å². The molecule has 0 heterocycles. The van der Waals surface area contributed by atoms with Gasteiger partial charge in [-0.25, -0.2) is 0 Å². The van der Waals surface area contributed by atoms with Gasteiger partial charge >= 0.3 is 0 Å². The number of rotatable bonds is 62. The van der Waals surface area contributed by atoms with Crippen molar-refractivity contribution in [1.29, 1.82) is 0 Å². The molecule has 3 unspecified atom stereocenters. The number of aliphatic hydroxyl groups is 3. The number of carbonyl (C=O) groups excluding carboxylic acids is 1. The molecule has 0 aliphatic carbocycles. The van der Waals surface area contributed by atoms with E-state index < -0.39 is 18.2 Å². The molecule has 0 fully saturated rings. The van der Waals surface area contributed by atoms with E-state index in [1.165, 1.54) is 295 Å². The van der Waals surface area contributed by atoms with Gasteiger partial charge in [0.1, 0.15) is 0 Å². The Kier molecular flexibility index (Phi) is 62.4. The normalized spacial score (nSPS) is 13.4. The lowest BCUT2D eigenvalue weighted by molar-refractivity contribution is -0.124. The molecule has 0 saturated heterocycles. The summed E-state index contributed by atoms with van der Waals surface area (Å²) in [4.78, 5) is 12.6. The van der Waals surface area contributed by atoms with Crippen molar-refractivity contribution in [3.05, 3.63) is 48.6 Å². The molecule has 1 amide bonds. The van der Waals surface area contributed by atoms with E-state index in [4.69, 9.17) is 0 Å². The highest BCUT2D eigenvalue weighted by Crippen LogP contribution is 2.18. The molecular formula is C69H131NO4. The van der Waals surface area contributed by atoms with Gasteiger partial charge in [-0.05, 0) is 70.6 Å². The number of amides is 1. The summed E-state index contributed by atoms with van der Waals surface area (Å²) < 4.78 is 0. The van der Waals surface area contributed by atoms with Crippen LogP contribution in [0.5, 0.6) is 0 Å². The van der Waals surface area contributed by atoms with E-state index in [1.807, 2.05) is 6.08 Å². The quantitative estimate of drug-likeness (QED) is 0.0361. The predicted octanol–water partition coefficient (Wildman–Crippen LogP) is 21.5. The van der Waals surface area contributed by atoms with E-state index in [9.17, 15) is 20.1 Å². The molecule has 0 aromatic heterocycles. The fourth-order valence-electron chi connectivity index (χ4n) is 10.5. The molecule has 5 nitrogen and oxygen atoms in total. The Bertz CT molecular complexity index is 1190. The Morgan fingerprint density at radius 1 is 0.338 bits per heavy atom. The van der Waals surface area contributed by atoms with Crippen LogP contribution in [-0.2, 0) is 4.79 Å². The number of unbranched alkanes of at least 4 members (excludes halogenated alkanes) is 47. The van der Waals surface area contributed by atoms with Crippen molar-refractivity contribution in [2.45, 2.75) is 379 Å². The van der Waals surface area contributed by atoms with Crippen LogP contribution < -0.4 is 5.32 Å². The number of hydrogen-bond donors (Lipinski definition) is 4. The number of carbonyl (C=O) groups is 1. The van der Waals surface area contributed by atoms with Crippen LogP contribution in [0.15, 0.2) is 48.6 Å². The number of nitrogens with one attached hydrogen (secondary N) is 1. The van der Waals surface area contributed by atoms with E-state index in [0.29, 0.717) is 6.42 Å². The SMILES string of the molecule is CCCCCCCCCCCCCCCC/C=C/CC/C=C/CC/C=C/C(O)C(CO)NC(=O)CC(O)CCCCCCCCCCCCCCCCC/C=C\CCCCCCCCCCCCCCCCCC. The first-order chi connectivity index (χ1) is 36.5. The van der Waals surface area contributed by atoms with Gasteiger partial charge < -0.3 is 20.6 Å². The molecule has 4 N–H and O–H groups in total. The summed E-state index contributed by atoms with van der Waals surface area (Å²) in [6, 6.07) is -0.770. The molecule has 0 bridgehead atoms. The zero-order valence-electron chi connectivity index (χ0n) is 50.0. The minimum atomic E-state index is -0.962. The van der Waals surface area contributed by atoms with Crippen LogP contribution in [0.1, 0.15) is 361 Å². The lowest BCUT2D eigenvalue weighted by Gasteiger charge is -2.21.